The molecule has 0 heterocycles. The van der Waals surface area contributed by atoms with Gasteiger partial charge in [-0.2, -0.15) is 0 Å². The standard InChI is InChI=1S/C20H34N4O2/c1-5-26-19-10-6-17(7-11-19)16-23(3)20(21-2)22-12-13-24(14-15-25-4)18-8-9-18/h6-7,10-11,18H,5,8-9,12-16H2,1-4H3,(H,21,22). The summed E-state index contributed by atoms with van der Waals surface area (Å²) in [5, 5.41) is 3.48. The van der Waals surface area contributed by atoms with Gasteiger partial charge in [0.25, 0.3) is 0 Å². The van der Waals surface area contributed by atoms with E-state index < -0.39 is 0 Å². The van der Waals surface area contributed by atoms with E-state index >= 15 is 0 Å². The topological polar surface area (TPSA) is 49.3 Å². The van der Waals surface area contributed by atoms with Crippen LogP contribution in [0.1, 0.15) is 25.3 Å². The van der Waals surface area contributed by atoms with Crippen molar-refractivity contribution in [3.8, 4) is 5.75 Å². The Morgan fingerprint density at radius 2 is 1.96 bits per heavy atom. The van der Waals surface area contributed by atoms with Crippen LogP contribution in [0.4, 0.5) is 0 Å². The monoisotopic (exact) mass is 362 g/mol. The van der Waals surface area contributed by atoms with Crippen molar-refractivity contribution < 1.29 is 9.47 Å². The van der Waals surface area contributed by atoms with Crippen molar-refractivity contribution in [1.82, 2.24) is 15.1 Å². The maximum Gasteiger partial charge on any atom is 0.193 e. The Bertz CT molecular complexity index is 543. The van der Waals surface area contributed by atoms with E-state index in [4.69, 9.17) is 9.47 Å². The molecule has 0 radical (unpaired) electrons. The minimum Gasteiger partial charge on any atom is -0.494 e. The summed E-state index contributed by atoms with van der Waals surface area (Å²) in [5.74, 6) is 1.83. The molecule has 1 fully saturated rings. The predicted octanol–water partition coefficient (Wildman–Crippen LogP) is 2.20. The Morgan fingerprint density at radius 3 is 2.54 bits per heavy atom. The second kappa shape index (κ2) is 11.0. The predicted molar refractivity (Wildman–Crippen MR) is 107 cm³/mol. The fourth-order valence-electron chi connectivity index (χ4n) is 3.03. The number of rotatable bonds is 11. The first-order chi connectivity index (χ1) is 12.7. The third-order valence-corrected chi connectivity index (χ3v) is 4.56. The van der Waals surface area contributed by atoms with Crippen LogP contribution < -0.4 is 10.1 Å². The van der Waals surface area contributed by atoms with Crippen molar-refractivity contribution in [1.29, 1.82) is 0 Å². The van der Waals surface area contributed by atoms with E-state index in [1.165, 1.54) is 18.4 Å². The van der Waals surface area contributed by atoms with Crippen molar-refractivity contribution in [2.75, 3.05) is 54.1 Å². The maximum atomic E-state index is 5.50. The number of aliphatic imine (C=N–C) groups is 1. The average Bonchev–Trinajstić information content (AvgIpc) is 3.48. The van der Waals surface area contributed by atoms with Gasteiger partial charge in [0.15, 0.2) is 5.96 Å². The summed E-state index contributed by atoms with van der Waals surface area (Å²) >= 11 is 0. The fraction of sp³-hybridized carbons (Fsp3) is 0.650. The minimum absolute atomic E-state index is 0.693. The van der Waals surface area contributed by atoms with Gasteiger partial charge >= 0.3 is 0 Å². The summed E-state index contributed by atoms with van der Waals surface area (Å²) < 4.78 is 10.7. The molecule has 0 atom stereocenters. The molecule has 0 bridgehead atoms. The van der Waals surface area contributed by atoms with Gasteiger partial charge in [-0.1, -0.05) is 12.1 Å². The van der Waals surface area contributed by atoms with E-state index in [2.05, 4.69) is 39.3 Å². The molecular weight excluding hydrogens is 328 g/mol. The molecule has 26 heavy (non-hydrogen) atoms. The van der Waals surface area contributed by atoms with Gasteiger partial charge in [-0.05, 0) is 37.5 Å². The van der Waals surface area contributed by atoms with Crippen LogP contribution in [0.15, 0.2) is 29.3 Å². The normalized spacial score (nSPS) is 14.6. The van der Waals surface area contributed by atoms with E-state index in [1.807, 2.05) is 26.1 Å². The van der Waals surface area contributed by atoms with Gasteiger partial charge in [0.05, 0.1) is 13.2 Å². The van der Waals surface area contributed by atoms with E-state index in [0.717, 1.165) is 50.5 Å². The Labute approximate surface area is 158 Å². The first-order valence-electron chi connectivity index (χ1n) is 9.54. The number of hydrogen-bond donors (Lipinski definition) is 1. The van der Waals surface area contributed by atoms with Crippen molar-refractivity contribution in [2.24, 2.45) is 4.99 Å². The van der Waals surface area contributed by atoms with E-state index in [-0.39, 0.29) is 0 Å². The zero-order chi connectivity index (χ0) is 18.8. The van der Waals surface area contributed by atoms with E-state index in [0.29, 0.717) is 6.61 Å². The molecule has 0 saturated heterocycles. The van der Waals surface area contributed by atoms with Gasteiger partial charge in [-0.15, -0.1) is 0 Å². The number of benzene rings is 1. The summed E-state index contributed by atoms with van der Waals surface area (Å²) in [6.45, 7) is 7.20. The molecule has 1 N–H and O–H groups in total. The molecule has 1 aliphatic rings. The number of guanidine groups is 1. The highest BCUT2D eigenvalue weighted by Gasteiger charge is 2.28. The average molecular weight is 363 g/mol. The highest BCUT2D eigenvalue weighted by atomic mass is 16.5. The summed E-state index contributed by atoms with van der Waals surface area (Å²) in [6.07, 6.45) is 2.63. The Hall–Kier alpha value is -1.79. The fourth-order valence-corrected chi connectivity index (χ4v) is 3.03. The molecule has 1 saturated carbocycles. The number of nitrogens with one attached hydrogen (secondary N) is 1. The zero-order valence-corrected chi connectivity index (χ0v) is 16.7. The van der Waals surface area contributed by atoms with Gasteiger partial charge in [0.1, 0.15) is 5.75 Å². The van der Waals surface area contributed by atoms with Gasteiger partial charge in [0.2, 0.25) is 0 Å². The molecule has 1 aromatic rings. The molecule has 0 amide bonds. The zero-order valence-electron chi connectivity index (χ0n) is 16.7. The highest BCUT2D eigenvalue weighted by molar-refractivity contribution is 5.79. The minimum atomic E-state index is 0.693. The van der Waals surface area contributed by atoms with Crippen molar-refractivity contribution in [3.05, 3.63) is 29.8 Å². The lowest BCUT2D eigenvalue weighted by atomic mass is 10.2. The van der Waals surface area contributed by atoms with Crippen molar-refractivity contribution in [3.63, 3.8) is 0 Å². The van der Waals surface area contributed by atoms with E-state index in [9.17, 15) is 0 Å². The largest absolute Gasteiger partial charge is 0.494 e. The smallest absolute Gasteiger partial charge is 0.193 e. The van der Waals surface area contributed by atoms with Crippen LogP contribution in [0, 0.1) is 0 Å². The Kier molecular flexibility index (Phi) is 8.71. The molecule has 6 heteroatoms. The highest BCUT2D eigenvalue weighted by Crippen LogP contribution is 2.26. The van der Waals surface area contributed by atoms with Crippen LogP contribution in [0.25, 0.3) is 0 Å². The molecule has 0 spiro atoms. The Morgan fingerprint density at radius 1 is 1.23 bits per heavy atom. The molecule has 1 aliphatic carbocycles. The SMILES string of the molecule is CCOc1ccc(CN(C)C(=NC)NCCN(CCOC)C2CC2)cc1. The van der Waals surface area contributed by atoms with Gasteiger partial charge in [0, 0.05) is 53.4 Å². The van der Waals surface area contributed by atoms with Crippen molar-refractivity contribution >= 4 is 5.96 Å². The van der Waals surface area contributed by atoms with Crippen molar-refractivity contribution in [2.45, 2.75) is 32.4 Å². The summed E-state index contributed by atoms with van der Waals surface area (Å²) in [7, 11) is 5.66. The van der Waals surface area contributed by atoms with Crippen LogP contribution in [0.3, 0.4) is 0 Å². The maximum absolute atomic E-state index is 5.50. The number of ether oxygens (including phenoxy) is 2. The first kappa shape index (κ1) is 20.5. The first-order valence-corrected chi connectivity index (χ1v) is 9.54. The molecule has 0 aromatic heterocycles. The Balaban J connectivity index is 1.77. The second-order valence-electron chi connectivity index (χ2n) is 6.67. The molecule has 0 aliphatic heterocycles. The molecule has 2 rings (SSSR count). The number of methoxy groups -OCH3 is 1. The quantitative estimate of drug-likeness (QED) is 0.483. The molecular formula is C20H34N4O2. The second-order valence-corrected chi connectivity index (χ2v) is 6.67. The molecule has 146 valence electrons. The van der Waals surface area contributed by atoms with Crippen LogP contribution in [0.5, 0.6) is 5.75 Å². The van der Waals surface area contributed by atoms with Crippen LogP contribution in [-0.2, 0) is 11.3 Å². The molecule has 0 unspecified atom stereocenters. The summed E-state index contributed by atoms with van der Waals surface area (Å²) in [6, 6.07) is 9.00. The van der Waals surface area contributed by atoms with Crippen LogP contribution >= 0.6 is 0 Å². The van der Waals surface area contributed by atoms with Crippen LogP contribution in [0.2, 0.25) is 0 Å². The summed E-state index contributed by atoms with van der Waals surface area (Å²) in [4.78, 5) is 9.07. The van der Waals surface area contributed by atoms with Gasteiger partial charge < -0.3 is 19.7 Å². The van der Waals surface area contributed by atoms with E-state index in [1.54, 1.807) is 7.11 Å². The third kappa shape index (κ3) is 6.84. The lowest BCUT2D eigenvalue weighted by Crippen LogP contribution is -2.43. The van der Waals surface area contributed by atoms with Gasteiger partial charge in [-0.3, -0.25) is 9.89 Å². The lowest BCUT2D eigenvalue weighted by Gasteiger charge is -2.25. The summed E-state index contributed by atoms with van der Waals surface area (Å²) in [5.41, 5.74) is 1.23. The number of nitrogens with zero attached hydrogens (tertiary/aromatic N) is 3. The van der Waals surface area contributed by atoms with Crippen LogP contribution in [-0.4, -0.2) is 75.9 Å². The number of hydrogen-bond acceptors (Lipinski definition) is 4. The molecule has 6 nitrogen and oxygen atoms in total. The lowest BCUT2D eigenvalue weighted by molar-refractivity contribution is 0.144. The molecule has 1 aromatic carbocycles. The third-order valence-electron chi connectivity index (χ3n) is 4.56. The van der Waals surface area contributed by atoms with Gasteiger partial charge in [-0.25, -0.2) is 0 Å².